The first-order chi connectivity index (χ1) is 8.60. The van der Waals surface area contributed by atoms with E-state index in [2.05, 4.69) is 10.6 Å². The molecule has 98 valence electrons. The Bertz CT molecular complexity index is 446. The molecule has 0 spiro atoms. The van der Waals surface area contributed by atoms with Crippen molar-refractivity contribution >= 4 is 17.3 Å². The van der Waals surface area contributed by atoms with Crippen LogP contribution in [0, 0.1) is 10.1 Å². The molecule has 0 fully saturated rings. The van der Waals surface area contributed by atoms with E-state index in [0.29, 0.717) is 24.3 Å². The van der Waals surface area contributed by atoms with Crippen LogP contribution in [-0.4, -0.2) is 23.9 Å². The van der Waals surface area contributed by atoms with E-state index >= 15 is 0 Å². The van der Waals surface area contributed by atoms with Gasteiger partial charge in [-0.1, -0.05) is 6.92 Å². The Morgan fingerprint density at radius 3 is 2.67 bits per heavy atom. The van der Waals surface area contributed by atoms with Gasteiger partial charge in [-0.25, -0.2) is 0 Å². The molecule has 0 aromatic heterocycles. The van der Waals surface area contributed by atoms with Gasteiger partial charge in [-0.2, -0.15) is 0 Å². The second-order valence-corrected chi connectivity index (χ2v) is 3.78. The molecule has 0 aliphatic rings. The predicted molar refractivity (Wildman–Crippen MR) is 69.9 cm³/mol. The Kier molecular flexibility index (Phi) is 5.10. The van der Waals surface area contributed by atoms with Gasteiger partial charge in [0.2, 0.25) is 0 Å². The number of rotatable bonds is 6. The summed E-state index contributed by atoms with van der Waals surface area (Å²) in [5, 5.41) is 16.4. The number of hydrogen-bond donors (Lipinski definition) is 2. The number of hydrogen-bond acceptors (Lipinski definition) is 4. The molecular formula is C12H17N3O3. The van der Waals surface area contributed by atoms with Crippen molar-refractivity contribution < 1.29 is 9.72 Å². The molecular weight excluding hydrogens is 234 g/mol. The summed E-state index contributed by atoms with van der Waals surface area (Å²) in [5.41, 5.74) is 0.764. The molecule has 0 saturated carbocycles. The Hall–Kier alpha value is -2.11. The molecule has 0 atom stereocenters. The molecule has 0 radical (unpaired) electrons. The Balaban J connectivity index is 2.99. The van der Waals surface area contributed by atoms with E-state index in [4.69, 9.17) is 0 Å². The zero-order valence-corrected chi connectivity index (χ0v) is 10.5. The number of carbonyl (C=O) groups is 1. The van der Waals surface area contributed by atoms with Crippen molar-refractivity contribution in [2.45, 2.75) is 20.3 Å². The lowest BCUT2D eigenvalue weighted by Crippen LogP contribution is -2.24. The maximum atomic E-state index is 11.7. The summed E-state index contributed by atoms with van der Waals surface area (Å²) in [6.45, 7) is 4.95. The second kappa shape index (κ2) is 6.58. The molecule has 0 aliphatic carbocycles. The molecule has 1 aromatic rings. The van der Waals surface area contributed by atoms with Crippen molar-refractivity contribution in [3.63, 3.8) is 0 Å². The zero-order valence-electron chi connectivity index (χ0n) is 10.5. The molecule has 18 heavy (non-hydrogen) atoms. The van der Waals surface area contributed by atoms with Crippen LogP contribution in [0.1, 0.15) is 30.6 Å². The summed E-state index contributed by atoms with van der Waals surface area (Å²) in [7, 11) is 0. The zero-order chi connectivity index (χ0) is 13.5. The first-order valence-corrected chi connectivity index (χ1v) is 5.90. The van der Waals surface area contributed by atoms with Crippen LogP contribution in [-0.2, 0) is 0 Å². The van der Waals surface area contributed by atoms with Crippen LogP contribution in [0.5, 0.6) is 0 Å². The number of nitro groups is 1. The van der Waals surface area contributed by atoms with Crippen LogP contribution in [0.3, 0.4) is 0 Å². The van der Waals surface area contributed by atoms with Crippen LogP contribution >= 0.6 is 0 Å². The summed E-state index contributed by atoms with van der Waals surface area (Å²) in [5.74, 6) is -0.217. The maximum absolute atomic E-state index is 11.7. The predicted octanol–water partition coefficient (Wildman–Crippen LogP) is 2.17. The van der Waals surface area contributed by atoms with E-state index in [1.165, 1.54) is 18.2 Å². The van der Waals surface area contributed by atoms with Crippen LogP contribution in [0.25, 0.3) is 0 Å². The van der Waals surface area contributed by atoms with Crippen molar-refractivity contribution in [2.24, 2.45) is 0 Å². The minimum absolute atomic E-state index is 0.0242. The van der Waals surface area contributed by atoms with Crippen molar-refractivity contribution in [1.82, 2.24) is 5.32 Å². The number of carbonyl (C=O) groups excluding carboxylic acids is 1. The van der Waals surface area contributed by atoms with E-state index in [1.807, 2.05) is 13.8 Å². The lowest BCUT2D eigenvalue weighted by atomic mass is 10.1. The number of amides is 1. The molecule has 0 saturated heterocycles. The molecule has 0 unspecified atom stereocenters. The second-order valence-electron chi connectivity index (χ2n) is 3.78. The van der Waals surface area contributed by atoms with E-state index in [-0.39, 0.29) is 11.6 Å². The van der Waals surface area contributed by atoms with Gasteiger partial charge in [0, 0.05) is 24.7 Å². The third-order valence-electron chi connectivity index (χ3n) is 2.36. The normalized spacial score (nSPS) is 9.89. The average Bonchev–Trinajstić information content (AvgIpc) is 2.36. The first-order valence-electron chi connectivity index (χ1n) is 5.90. The summed E-state index contributed by atoms with van der Waals surface area (Å²) in [4.78, 5) is 22.1. The van der Waals surface area contributed by atoms with Crippen LogP contribution in [0.2, 0.25) is 0 Å². The highest BCUT2D eigenvalue weighted by molar-refractivity contribution is 5.95. The fourth-order valence-electron chi connectivity index (χ4n) is 1.51. The molecule has 0 bridgehead atoms. The lowest BCUT2D eigenvalue weighted by molar-refractivity contribution is -0.384. The minimum Gasteiger partial charge on any atom is -0.380 e. The number of benzene rings is 1. The SMILES string of the molecule is CCCNC(=O)c1ccc([N+](=O)[O-])c(NCC)c1. The highest BCUT2D eigenvalue weighted by atomic mass is 16.6. The van der Waals surface area contributed by atoms with Gasteiger partial charge in [0.05, 0.1) is 4.92 Å². The Labute approximate surface area is 106 Å². The molecule has 1 amide bonds. The van der Waals surface area contributed by atoms with Gasteiger partial charge in [0.1, 0.15) is 5.69 Å². The van der Waals surface area contributed by atoms with E-state index < -0.39 is 4.92 Å². The van der Waals surface area contributed by atoms with Gasteiger partial charge in [-0.05, 0) is 25.5 Å². The molecule has 0 aliphatic heterocycles. The Morgan fingerprint density at radius 1 is 1.39 bits per heavy atom. The van der Waals surface area contributed by atoms with Gasteiger partial charge in [0.25, 0.3) is 11.6 Å². The molecule has 1 rings (SSSR count). The van der Waals surface area contributed by atoms with Crippen LogP contribution in [0.15, 0.2) is 18.2 Å². The number of nitro benzene ring substituents is 1. The molecule has 0 heterocycles. The molecule has 6 heteroatoms. The van der Waals surface area contributed by atoms with Crippen LogP contribution in [0.4, 0.5) is 11.4 Å². The third-order valence-corrected chi connectivity index (χ3v) is 2.36. The number of nitrogens with zero attached hydrogens (tertiary/aromatic N) is 1. The summed E-state index contributed by atoms with van der Waals surface area (Å²) in [6.07, 6.45) is 0.846. The molecule has 6 nitrogen and oxygen atoms in total. The van der Waals surface area contributed by atoms with Gasteiger partial charge in [-0.3, -0.25) is 14.9 Å². The smallest absolute Gasteiger partial charge is 0.292 e. The summed E-state index contributed by atoms with van der Waals surface area (Å²) in [6, 6.07) is 4.31. The highest BCUT2D eigenvalue weighted by Crippen LogP contribution is 2.25. The lowest BCUT2D eigenvalue weighted by Gasteiger charge is -2.08. The summed E-state index contributed by atoms with van der Waals surface area (Å²) >= 11 is 0. The average molecular weight is 251 g/mol. The van der Waals surface area contributed by atoms with Gasteiger partial charge >= 0.3 is 0 Å². The maximum Gasteiger partial charge on any atom is 0.292 e. The highest BCUT2D eigenvalue weighted by Gasteiger charge is 2.15. The van der Waals surface area contributed by atoms with Crippen LogP contribution < -0.4 is 10.6 Å². The number of nitrogens with one attached hydrogen (secondary N) is 2. The van der Waals surface area contributed by atoms with Gasteiger partial charge in [0.15, 0.2) is 0 Å². The first kappa shape index (κ1) is 14.0. The van der Waals surface area contributed by atoms with E-state index in [1.54, 1.807) is 0 Å². The molecule has 2 N–H and O–H groups in total. The standard InChI is InChI=1S/C12H17N3O3/c1-3-7-14-12(16)9-5-6-11(15(17)18)10(8-9)13-4-2/h5-6,8,13H,3-4,7H2,1-2H3,(H,14,16). The van der Waals surface area contributed by atoms with Crippen molar-refractivity contribution in [3.8, 4) is 0 Å². The fourth-order valence-corrected chi connectivity index (χ4v) is 1.51. The third kappa shape index (κ3) is 3.44. The van der Waals surface area contributed by atoms with Gasteiger partial charge in [-0.15, -0.1) is 0 Å². The molecule has 1 aromatic carbocycles. The monoisotopic (exact) mass is 251 g/mol. The Morgan fingerprint density at radius 2 is 2.11 bits per heavy atom. The fraction of sp³-hybridized carbons (Fsp3) is 0.417. The van der Waals surface area contributed by atoms with Gasteiger partial charge < -0.3 is 10.6 Å². The van der Waals surface area contributed by atoms with Crippen molar-refractivity contribution in [1.29, 1.82) is 0 Å². The quantitative estimate of drug-likeness (QED) is 0.599. The van der Waals surface area contributed by atoms with Crippen molar-refractivity contribution in [2.75, 3.05) is 18.4 Å². The largest absolute Gasteiger partial charge is 0.380 e. The number of anilines is 1. The van der Waals surface area contributed by atoms with E-state index in [0.717, 1.165) is 6.42 Å². The topological polar surface area (TPSA) is 84.3 Å². The minimum atomic E-state index is -0.467. The summed E-state index contributed by atoms with van der Waals surface area (Å²) < 4.78 is 0. The van der Waals surface area contributed by atoms with Crippen molar-refractivity contribution in [3.05, 3.63) is 33.9 Å². The van der Waals surface area contributed by atoms with E-state index in [9.17, 15) is 14.9 Å².